The molecule has 2 unspecified atom stereocenters. The van der Waals surface area contributed by atoms with Crippen molar-refractivity contribution in [3.8, 4) is 5.75 Å². The minimum absolute atomic E-state index is 0.0505. The highest BCUT2D eigenvalue weighted by atomic mass is 19.1. The van der Waals surface area contributed by atoms with E-state index in [-0.39, 0.29) is 11.9 Å². The SMILES string of the molecule is CCN1CCCC1CNC(C)c1c(F)cccc1OC. The van der Waals surface area contributed by atoms with E-state index in [1.54, 1.807) is 13.2 Å². The number of methoxy groups -OCH3 is 1. The average molecular weight is 280 g/mol. The van der Waals surface area contributed by atoms with Crippen LogP contribution in [-0.4, -0.2) is 37.7 Å². The summed E-state index contributed by atoms with van der Waals surface area (Å²) in [6.07, 6.45) is 2.49. The van der Waals surface area contributed by atoms with Crippen LogP contribution in [0, 0.1) is 5.82 Å². The lowest BCUT2D eigenvalue weighted by molar-refractivity contribution is 0.254. The number of likely N-dealkylation sites (tertiary alicyclic amines) is 1. The lowest BCUT2D eigenvalue weighted by atomic mass is 10.1. The second-order valence-corrected chi connectivity index (χ2v) is 5.41. The Morgan fingerprint density at radius 2 is 2.30 bits per heavy atom. The van der Waals surface area contributed by atoms with Gasteiger partial charge in [0, 0.05) is 24.2 Å². The Morgan fingerprint density at radius 3 is 3.00 bits per heavy atom. The molecule has 112 valence electrons. The first kappa shape index (κ1) is 15.3. The van der Waals surface area contributed by atoms with Gasteiger partial charge in [-0.3, -0.25) is 4.90 Å². The number of ether oxygens (including phenoxy) is 1. The number of hydrogen-bond acceptors (Lipinski definition) is 3. The van der Waals surface area contributed by atoms with Crippen LogP contribution in [0.4, 0.5) is 4.39 Å². The molecule has 0 amide bonds. The third-order valence-corrected chi connectivity index (χ3v) is 4.23. The summed E-state index contributed by atoms with van der Waals surface area (Å²) in [5.41, 5.74) is 0.621. The fourth-order valence-electron chi connectivity index (χ4n) is 3.07. The van der Waals surface area contributed by atoms with Crippen LogP contribution in [0.25, 0.3) is 0 Å². The number of hydrogen-bond donors (Lipinski definition) is 1. The van der Waals surface area contributed by atoms with Crippen LogP contribution in [0.5, 0.6) is 5.75 Å². The zero-order valence-corrected chi connectivity index (χ0v) is 12.7. The highest BCUT2D eigenvalue weighted by molar-refractivity contribution is 5.36. The molecule has 4 heteroatoms. The van der Waals surface area contributed by atoms with Crippen molar-refractivity contribution >= 4 is 0 Å². The maximum atomic E-state index is 14.0. The van der Waals surface area contributed by atoms with Crippen LogP contribution in [-0.2, 0) is 0 Å². The van der Waals surface area contributed by atoms with Crippen molar-refractivity contribution in [3.63, 3.8) is 0 Å². The molecule has 20 heavy (non-hydrogen) atoms. The predicted octanol–water partition coefficient (Wildman–Crippen LogP) is 2.97. The Bertz CT molecular complexity index is 438. The molecule has 1 fully saturated rings. The maximum Gasteiger partial charge on any atom is 0.131 e. The quantitative estimate of drug-likeness (QED) is 0.867. The highest BCUT2D eigenvalue weighted by Crippen LogP contribution is 2.28. The molecule has 3 nitrogen and oxygen atoms in total. The molecular weight excluding hydrogens is 255 g/mol. The maximum absolute atomic E-state index is 14.0. The van der Waals surface area contributed by atoms with Crippen molar-refractivity contribution in [2.45, 2.75) is 38.8 Å². The minimum atomic E-state index is -0.205. The molecule has 1 heterocycles. The third-order valence-electron chi connectivity index (χ3n) is 4.23. The van der Waals surface area contributed by atoms with Gasteiger partial charge in [0.05, 0.1) is 7.11 Å². The van der Waals surface area contributed by atoms with Crippen LogP contribution in [0.1, 0.15) is 38.3 Å². The molecule has 0 saturated carbocycles. The Labute approximate surface area is 121 Å². The summed E-state index contributed by atoms with van der Waals surface area (Å²) >= 11 is 0. The number of nitrogens with one attached hydrogen (secondary N) is 1. The molecule has 1 aliphatic rings. The van der Waals surface area contributed by atoms with Gasteiger partial charge in [0.2, 0.25) is 0 Å². The molecule has 0 bridgehead atoms. The monoisotopic (exact) mass is 280 g/mol. The van der Waals surface area contributed by atoms with Gasteiger partial charge < -0.3 is 10.1 Å². The zero-order chi connectivity index (χ0) is 14.5. The van der Waals surface area contributed by atoms with Crippen molar-refractivity contribution in [3.05, 3.63) is 29.6 Å². The van der Waals surface area contributed by atoms with Crippen molar-refractivity contribution in [1.29, 1.82) is 0 Å². The summed E-state index contributed by atoms with van der Waals surface area (Å²) < 4.78 is 19.3. The van der Waals surface area contributed by atoms with Gasteiger partial charge in [-0.2, -0.15) is 0 Å². The van der Waals surface area contributed by atoms with Gasteiger partial charge in [0.1, 0.15) is 11.6 Å². The third kappa shape index (κ3) is 3.30. The van der Waals surface area contributed by atoms with Gasteiger partial charge in [-0.1, -0.05) is 13.0 Å². The molecule has 1 N–H and O–H groups in total. The van der Waals surface area contributed by atoms with E-state index in [0.717, 1.165) is 13.1 Å². The fourth-order valence-corrected chi connectivity index (χ4v) is 3.07. The van der Waals surface area contributed by atoms with Crippen molar-refractivity contribution in [2.75, 3.05) is 26.7 Å². The summed E-state index contributed by atoms with van der Waals surface area (Å²) in [6, 6.07) is 5.50. The lowest BCUT2D eigenvalue weighted by Gasteiger charge is -2.25. The number of benzene rings is 1. The highest BCUT2D eigenvalue weighted by Gasteiger charge is 2.24. The van der Waals surface area contributed by atoms with Crippen LogP contribution >= 0.6 is 0 Å². The Morgan fingerprint density at radius 1 is 1.50 bits per heavy atom. The average Bonchev–Trinajstić information content (AvgIpc) is 2.91. The number of likely N-dealkylation sites (N-methyl/N-ethyl adjacent to an activating group) is 1. The Kier molecular flexibility index (Phi) is 5.38. The van der Waals surface area contributed by atoms with E-state index in [2.05, 4.69) is 17.1 Å². The fraction of sp³-hybridized carbons (Fsp3) is 0.625. The molecular formula is C16H25FN2O. The molecule has 1 aromatic rings. The first-order chi connectivity index (χ1) is 9.67. The van der Waals surface area contributed by atoms with Gasteiger partial charge in [0.25, 0.3) is 0 Å². The molecule has 0 spiro atoms. The Balaban J connectivity index is 2.00. The van der Waals surface area contributed by atoms with Crippen LogP contribution < -0.4 is 10.1 Å². The van der Waals surface area contributed by atoms with Crippen LogP contribution in [0.3, 0.4) is 0 Å². The molecule has 1 saturated heterocycles. The van der Waals surface area contributed by atoms with E-state index >= 15 is 0 Å². The van der Waals surface area contributed by atoms with Gasteiger partial charge >= 0.3 is 0 Å². The normalized spacial score (nSPS) is 21.1. The molecule has 2 rings (SSSR count). The first-order valence-electron chi connectivity index (χ1n) is 7.47. The van der Waals surface area contributed by atoms with Crippen LogP contribution in [0.15, 0.2) is 18.2 Å². The topological polar surface area (TPSA) is 24.5 Å². The summed E-state index contributed by atoms with van der Waals surface area (Å²) in [5, 5.41) is 3.46. The molecule has 1 aliphatic heterocycles. The minimum Gasteiger partial charge on any atom is -0.496 e. The van der Waals surface area contributed by atoms with Crippen molar-refractivity contribution < 1.29 is 9.13 Å². The van der Waals surface area contributed by atoms with E-state index in [1.807, 2.05) is 13.0 Å². The van der Waals surface area contributed by atoms with Crippen LogP contribution in [0.2, 0.25) is 0 Å². The number of rotatable bonds is 6. The summed E-state index contributed by atoms with van der Waals surface area (Å²) in [5.74, 6) is 0.409. The molecule has 0 radical (unpaired) electrons. The van der Waals surface area contributed by atoms with E-state index in [9.17, 15) is 4.39 Å². The lowest BCUT2D eigenvalue weighted by Crippen LogP contribution is -2.38. The van der Waals surface area contributed by atoms with E-state index in [0.29, 0.717) is 17.4 Å². The van der Waals surface area contributed by atoms with E-state index < -0.39 is 0 Å². The largest absolute Gasteiger partial charge is 0.496 e. The second-order valence-electron chi connectivity index (χ2n) is 5.41. The van der Waals surface area contributed by atoms with Gasteiger partial charge in [-0.05, 0) is 45.0 Å². The first-order valence-corrected chi connectivity index (χ1v) is 7.47. The summed E-state index contributed by atoms with van der Waals surface area (Å²) in [4.78, 5) is 2.48. The van der Waals surface area contributed by atoms with Crippen molar-refractivity contribution in [1.82, 2.24) is 10.2 Å². The number of halogens is 1. The molecule has 2 atom stereocenters. The molecule has 0 aromatic heterocycles. The van der Waals surface area contributed by atoms with E-state index in [4.69, 9.17) is 4.74 Å². The second kappa shape index (κ2) is 7.04. The van der Waals surface area contributed by atoms with Gasteiger partial charge in [-0.25, -0.2) is 4.39 Å². The summed E-state index contributed by atoms with van der Waals surface area (Å²) in [7, 11) is 1.58. The van der Waals surface area contributed by atoms with Crippen molar-refractivity contribution in [2.24, 2.45) is 0 Å². The van der Waals surface area contributed by atoms with E-state index in [1.165, 1.54) is 25.5 Å². The standard InChI is InChI=1S/C16H25FN2O/c1-4-19-10-6-7-13(19)11-18-12(2)16-14(17)8-5-9-15(16)20-3/h5,8-9,12-13,18H,4,6-7,10-11H2,1-3H3. The smallest absolute Gasteiger partial charge is 0.131 e. The predicted molar refractivity (Wildman–Crippen MR) is 79.6 cm³/mol. The molecule has 1 aromatic carbocycles. The van der Waals surface area contributed by atoms with Gasteiger partial charge in [-0.15, -0.1) is 0 Å². The Hall–Kier alpha value is -1.13. The number of nitrogens with zero attached hydrogens (tertiary/aromatic N) is 1. The zero-order valence-electron chi connectivity index (χ0n) is 12.7. The summed E-state index contributed by atoms with van der Waals surface area (Å²) in [6.45, 7) is 7.35. The molecule has 0 aliphatic carbocycles. The van der Waals surface area contributed by atoms with Gasteiger partial charge in [0.15, 0.2) is 0 Å².